The van der Waals surface area contributed by atoms with Crippen LogP contribution >= 0.6 is 0 Å². The molecule has 0 saturated heterocycles. The van der Waals surface area contributed by atoms with Crippen molar-refractivity contribution in [1.29, 1.82) is 0 Å². The van der Waals surface area contributed by atoms with Crippen LogP contribution in [0.15, 0.2) is 133 Å². The van der Waals surface area contributed by atoms with E-state index in [0.717, 1.165) is 34.2 Å². The van der Waals surface area contributed by atoms with Crippen LogP contribution in [0.1, 0.15) is 5.56 Å². The van der Waals surface area contributed by atoms with Crippen molar-refractivity contribution in [2.75, 3.05) is 4.81 Å². The van der Waals surface area contributed by atoms with E-state index in [2.05, 4.69) is 125 Å². The third-order valence-electron chi connectivity index (χ3n) is 10.1. The standard InChI is InChI=1S/C41H25BN2O2/c1-24-11-2-6-17-32(24)44-34-23-38-37(45-35-19-8-9-20-36(35)46-38)22-29(34)30-21-25-12-3-4-13-26(25)41-39(30)42(44)31-16-10-15-28-27-14-5-7-18-33(27)43(41)40(28)31/h2-23H,1H3. The molecule has 5 heteroatoms. The number of hydrogen-bond donors (Lipinski definition) is 0. The van der Waals surface area contributed by atoms with Crippen LogP contribution in [-0.2, 0) is 0 Å². The third kappa shape index (κ3) is 3.00. The molecule has 0 radical (unpaired) electrons. The average molecular weight is 588 g/mol. The monoisotopic (exact) mass is 588 g/mol. The zero-order chi connectivity index (χ0) is 30.1. The SMILES string of the molecule is Cc1ccccc1N1B2c3c(cc4ccccc4c3-n3c4ccccc4c4cccc2c43)-c2cc3c(cc21)Oc1ccccc1O3. The maximum Gasteiger partial charge on any atom is 0.333 e. The van der Waals surface area contributed by atoms with Gasteiger partial charge in [-0.2, -0.15) is 0 Å². The molecule has 4 heterocycles. The van der Waals surface area contributed by atoms with E-state index in [9.17, 15) is 0 Å². The van der Waals surface area contributed by atoms with Crippen LogP contribution in [0.25, 0.3) is 49.4 Å². The van der Waals surface area contributed by atoms with Crippen molar-refractivity contribution in [2.24, 2.45) is 0 Å². The fourth-order valence-corrected chi connectivity index (χ4v) is 8.23. The van der Waals surface area contributed by atoms with Crippen LogP contribution < -0.4 is 25.2 Å². The summed E-state index contributed by atoms with van der Waals surface area (Å²) in [4.78, 5) is 2.55. The second-order valence-corrected chi connectivity index (χ2v) is 12.5. The van der Waals surface area contributed by atoms with Crippen LogP contribution in [0.5, 0.6) is 23.0 Å². The van der Waals surface area contributed by atoms with Crippen LogP contribution in [0.4, 0.5) is 11.4 Å². The van der Waals surface area contributed by atoms with Gasteiger partial charge in [0, 0.05) is 39.2 Å². The van der Waals surface area contributed by atoms with Crippen molar-refractivity contribution in [1.82, 2.24) is 4.57 Å². The zero-order valence-electron chi connectivity index (χ0n) is 25.0. The van der Waals surface area contributed by atoms with Crippen LogP contribution in [-0.4, -0.2) is 11.4 Å². The van der Waals surface area contributed by atoms with Gasteiger partial charge in [-0.25, -0.2) is 0 Å². The molecule has 214 valence electrons. The minimum atomic E-state index is -0.0569. The van der Waals surface area contributed by atoms with Gasteiger partial charge in [-0.05, 0) is 70.8 Å². The average Bonchev–Trinajstić information content (AvgIpc) is 3.43. The Labute approximate surface area is 265 Å². The molecule has 0 fully saturated rings. The molecule has 46 heavy (non-hydrogen) atoms. The number of aromatic nitrogens is 1. The Kier molecular flexibility index (Phi) is 4.57. The number of ether oxygens (including phenoxy) is 2. The highest BCUT2D eigenvalue weighted by atomic mass is 16.6. The summed E-state index contributed by atoms with van der Waals surface area (Å²) in [5.74, 6) is 2.92. The fourth-order valence-electron chi connectivity index (χ4n) is 8.23. The number of fused-ring (bicyclic) bond motifs is 11. The molecule has 11 rings (SSSR count). The minimum absolute atomic E-state index is 0.0569. The fraction of sp³-hybridized carbons (Fsp3) is 0.0244. The molecule has 0 saturated carbocycles. The molecular formula is C41H25BN2O2. The van der Waals surface area contributed by atoms with E-state index in [1.54, 1.807) is 0 Å². The Morgan fingerprint density at radius 3 is 2.09 bits per heavy atom. The molecule has 3 aliphatic heterocycles. The predicted molar refractivity (Wildman–Crippen MR) is 189 cm³/mol. The molecule has 0 atom stereocenters. The van der Waals surface area contributed by atoms with Crippen molar-refractivity contribution < 1.29 is 9.47 Å². The normalized spacial score (nSPS) is 13.6. The minimum Gasteiger partial charge on any atom is -0.449 e. The third-order valence-corrected chi connectivity index (χ3v) is 10.1. The maximum atomic E-state index is 6.52. The smallest absolute Gasteiger partial charge is 0.333 e. The highest BCUT2D eigenvalue weighted by Crippen LogP contribution is 2.53. The van der Waals surface area contributed by atoms with E-state index >= 15 is 0 Å². The van der Waals surface area contributed by atoms with Crippen LogP contribution in [0.2, 0.25) is 0 Å². The summed E-state index contributed by atoms with van der Waals surface area (Å²) in [7, 11) is 0. The number of rotatable bonds is 1. The first kappa shape index (κ1) is 24.4. The molecule has 8 aromatic rings. The lowest BCUT2D eigenvalue weighted by molar-refractivity contribution is 0.360. The highest BCUT2D eigenvalue weighted by Gasteiger charge is 2.45. The molecule has 3 aliphatic rings. The van der Waals surface area contributed by atoms with Crippen LogP contribution in [0.3, 0.4) is 0 Å². The van der Waals surface area contributed by atoms with E-state index in [1.165, 1.54) is 66.0 Å². The zero-order valence-corrected chi connectivity index (χ0v) is 25.0. The largest absolute Gasteiger partial charge is 0.449 e. The van der Waals surface area contributed by atoms with Gasteiger partial charge in [0.25, 0.3) is 0 Å². The van der Waals surface area contributed by atoms with Gasteiger partial charge in [-0.1, -0.05) is 91.0 Å². The first-order valence-corrected chi connectivity index (χ1v) is 15.8. The van der Waals surface area contributed by atoms with Gasteiger partial charge in [-0.15, -0.1) is 0 Å². The topological polar surface area (TPSA) is 26.6 Å². The number of nitrogens with zero attached hydrogens (tertiary/aromatic N) is 2. The van der Waals surface area contributed by atoms with Crippen molar-refractivity contribution in [2.45, 2.75) is 6.92 Å². The van der Waals surface area contributed by atoms with Crippen molar-refractivity contribution in [3.8, 4) is 39.8 Å². The Morgan fingerprint density at radius 1 is 0.543 bits per heavy atom. The van der Waals surface area contributed by atoms with Gasteiger partial charge >= 0.3 is 6.85 Å². The van der Waals surface area contributed by atoms with E-state index in [4.69, 9.17) is 9.47 Å². The first-order valence-electron chi connectivity index (χ1n) is 15.8. The van der Waals surface area contributed by atoms with E-state index in [1.807, 2.05) is 24.3 Å². The lowest BCUT2D eigenvalue weighted by Gasteiger charge is -2.43. The Morgan fingerprint density at radius 2 is 1.24 bits per heavy atom. The number of anilines is 2. The van der Waals surface area contributed by atoms with Crippen molar-refractivity contribution in [3.05, 3.63) is 139 Å². The Hall–Kier alpha value is -5.94. The second-order valence-electron chi connectivity index (χ2n) is 12.5. The summed E-state index contributed by atoms with van der Waals surface area (Å²) in [5, 5.41) is 5.02. The number of aryl methyl sites for hydroxylation is 1. The molecule has 7 aromatic carbocycles. The summed E-state index contributed by atoms with van der Waals surface area (Å²) in [6.07, 6.45) is 0. The second kappa shape index (κ2) is 8.61. The Balaban J connectivity index is 1.33. The van der Waals surface area contributed by atoms with E-state index < -0.39 is 0 Å². The van der Waals surface area contributed by atoms with Gasteiger partial charge < -0.3 is 18.9 Å². The van der Waals surface area contributed by atoms with Gasteiger partial charge in [0.2, 0.25) is 0 Å². The van der Waals surface area contributed by atoms with Gasteiger partial charge in [-0.3, -0.25) is 0 Å². The quantitative estimate of drug-likeness (QED) is 0.179. The number of hydrogen-bond acceptors (Lipinski definition) is 3. The predicted octanol–water partition coefficient (Wildman–Crippen LogP) is 9.38. The summed E-state index contributed by atoms with van der Waals surface area (Å²) in [6.45, 7) is 2.15. The number of para-hydroxylation sites is 5. The summed E-state index contributed by atoms with van der Waals surface area (Å²) >= 11 is 0. The summed E-state index contributed by atoms with van der Waals surface area (Å²) in [6, 6.07) is 47.9. The van der Waals surface area contributed by atoms with E-state index in [-0.39, 0.29) is 6.85 Å². The van der Waals surface area contributed by atoms with Gasteiger partial charge in [0.15, 0.2) is 23.0 Å². The molecule has 0 bridgehead atoms. The molecule has 0 spiro atoms. The molecule has 1 aromatic heterocycles. The lowest BCUT2D eigenvalue weighted by Crippen LogP contribution is -2.60. The van der Waals surface area contributed by atoms with Crippen molar-refractivity contribution >= 4 is 61.7 Å². The molecule has 0 N–H and O–H groups in total. The molecular weight excluding hydrogens is 563 g/mol. The maximum absolute atomic E-state index is 6.52. The van der Waals surface area contributed by atoms with E-state index in [0.29, 0.717) is 0 Å². The van der Waals surface area contributed by atoms with Crippen molar-refractivity contribution in [3.63, 3.8) is 0 Å². The summed E-state index contributed by atoms with van der Waals surface area (Å²) < 4.78 is 15.6. The number of benzene rings is 7. The molecule has 0 aliphatic carbocycles. The first-order chi connectivity index (χ1) is 22.7. The molecule has 0 unspecified atom stereocenters. The van der Waals surface area contributed by atoms with Gasteiger partial charge in [0.05, 0.1) is 16.7 Å². The molecule has 4 nitrogen and oxygen atoms in total. The van der Waals surface area contributed by atoms with Gasteiger partial charge in [0.1, 0.15) is 0 Å². The molecule has 0 amide bonds. The van der Waals surface area contributed by atoms with Crippen LogP contribution in [0, 0.1) is 6.92 Å². The lowest BCUT2D eigenvalue weighted by atomic mass is 9.43. The highest BCUT2D eigenvalue weighted by molar-refractivity contribution is 6.94. The Bertz CT molecular complexity index is 2640. The summed E-state index contributed by atoms with van der Waals surface area (Å²) in [5.41, 5.74) is 12.2.